The second-order valence-corrected chi connectivity index (χ2v) is 11.8. The van der Waals surface area contributed by atoms with Gasteiger partial charge in [0, 0.05) is 24.3 Å². The van der Waals surface area contributed by atoms with Crippen molar-refractivity contribution in [2.45, 2.75) is 88.7 Å². The molecule has 6 N–H and O–H groups in total. The van der Waals surface area contributed by atoms with Gasteiger partial charge >= 0.3 is 25.7 Å². The maximum atomic E-state index is 12.5. The van der Waals surface area contributed by atoms with Gasteiger partial charge in [-0.25, -0.2) is 4.57 Å². The summed E-state index contributed by atoms with van der Waals surface area (Å²) in [4.78, 5) is 52.2. The predicted octanol–water partition coefficient (Wildman–Crippen LogP) is 3.81. The number of phosphoric ester groups is 1. The summed E-state index contributed by atoms with van der Waals surface area (Å²) >= 11 is 1.16. The highest BCUT2D eigenvalue weighted by Gasteiger charge is 2.26. The largest absolute Gasteiger partial charge is 0.481 e. The first-order chi connectivity index (χ1) is 19.9. The number of unbranched alkanes of at least 4 members (excludes halogenated alkanes) is 3. The molecule has 0 aliphatic heterocycles. The van der Waals surface area contributed by atoms with E-state index in [1.807, 2.05) is 18.2 Å². The summed E-state index contributed by atoms with van der Waals surface area (Å²) in [5, 5.41) is 19.0. The number of nitrogens with two attached hydrogens (primary N) is 1. The van der Waals surface area contributed by atoms with Crippen molar-refractivity contribution in [1.82, 2.24) is 0 Å². The van der Waals surface area contributed by atoms with E-state index < -0.39 is 62.4 Å². The van der Waals surface area contributed by atoms with Gasteiger partial charge in [-0.2, -0.15) is 0 Å². The lowest BCUT2D eigenvalue weighted by Crippen LogP contribution is -2.40. The lowest BCUT2D eigenvalue weighted by atomic mass is 10.1. The molecule has 0 aliphatic rings. The van der Waals surface area contributed by atoms with Gasteiger partial charge in [0.05, 0.1) is 12.7 Å². The van der Waals surface area contributed by atoms with E-state index in [2.05, 4.69) is 23.6 Å². The summed E-state index contributed by atoms with van der Waals surface area (Å²) in [6.45, 7) is 2.06. The third-order valence-corrected chi connectivity index (χ3v) is 7.30. The molecule has 0 rings (SSSR count). The van der Waals surface area contributed by atoms with Crippen LogP contribution in [-0.4, -0.2) is 80.4 Å². The normalized spacial score (nSPS) is 15.4. The van der Waals surface area contributed by atoms with Crippen LogP contribution in [0.25, 0.3) is 0 Å². The molecule has 0 aromatic heterocycles. The zero-order valence-corrected chi connectivity index (χ0v) is 26.0. The lowest BCUT2D eigenvalue weighted by molar-refractivity contribution is -0.160. The zero-order valence-electron chi connectivity index (χ0n) is 24.3. The number of aliphatic hydroxyl groups excluding tert-OH is 1. The van der Waals surface area contributed by atoms with Gasteiger partial charge in [-0.3, -0.25) is 18.9 Å². The van der Waals surface area contributed by atoms with Crippen LogP contribution in [0, 0.1) is 0 Å². The number of allylic oxidation sites excluding steroid dienone is 7. The van der Waals surface area contributed by atoms with E-state index in [-0.39, 0.29) is 25.0 Å². The molecule has 0 bridgehead atoms. The fourth-order valence-corrected chi connectivity index (χ4v) is 4.71. The van der Waals surface area contributed by atoms with E-state index in [1.165, 1.54) is 19.3 Å². The number of hydrogen-bond donors (Lipinski definition) is 5. The summed E-state index contributed by atoms with van der Waals surface area (Å²) in [7, 11) is -4.87. The van der Waals surface area contributed by atoms with Crippen LogP contribution >= 0.6 is 19.6 Å². The first kappa shape index (κ1) is 39.8. The van der Waals surface area contributed by atoms with Crippen molar-refractivity contribution in [2.24, 2.45) is 5.73 Å². The summed E-state index contributed by atoms with van der Waals surface area (Å²) in [6, 6.07) is -1.19. The van der Waals surface area contributed by atoms with Gasteiger partial charge < -0.3 is 35.2 Å². The molecule has 240 valence electrons. The van der Waals surface area contributed by atoms with Gasteiger partial charge in [0.15, 0.2) is 6.10 Å². The van der Waals surface area contributed by atoms with Crippen LogP contribution in [0.5, 0.6) is 0 Å². The topological polar surface area (TPSA) is 203 Å². The minimum Gasteiger partial charge on any atom is -0.481 e. The Morgan fingerprint density at radius 3 is 2.36 bits per heavy atom. The summed E-state index contributed by atoms with van der Waals surface area (Å²) in [5.41, 5.74) is 5.95. The molecule has 0 fully saturated rings. The van der Waals surface area contributed by atoms with Gasteiger partial charge in [0.2, 0.25) is 0 Å². The first-order valence-corrected chi connectivity index (χ1v) is 16.4. The van der Waals surface area contributed by atoms with Crippen LogP contribution in [-0.2, 0) is 32.9 Å². The second-order valence-electron chi connectivity index (χ2n) is 9.31. The summed E-state index contributed by atoms with van der Waals surface area (Å²) in [5.74, 6) is -2.60. The fourth-order valence-electron chi connectivity index (χ4n) is 3.23. The van der Waals surface area contributed by atoms with Crippen LogP contribution in [0.3, 0.4) is 0 Å². The van der Waals surface area contributed by atoms with Crippen molar-refractivity contribution in [3.05, 3.63) is 48.6 Å². The molecule has 0 aliphatic carbocycles. The number of carbonyl (C=O) groups excluding carboxylic acids is 2. The Hall–Kier alpha value is -2.25. The minimum absolute atomic E-state index is 0.00231. The van der Waals surface area contributed by atoms with Gasteiger partial charge in [-0.1, -0.05) is 68.4 Å². The maximum Gasteiger partial charge on any atom is 0.469 e. The van der Waals surface area contributed by atoms with E-state index in [0.29, 0.717) is 0 Å². The number of ether oxygens (including phenoxy) is 2. The number of thioether (sulfide) groups is 1. The minimum atomic E-state index is -4.87. The molecule has 0 radical (unpaired) electrons. The maximum absolute atomic E-state index is 12.5. The number of carboxylic acid groups (broad SMARTS) is 1. The molecule has 0 heterocycles. The molecule has 0 saturated heterocycles. The number of carbonyl (C=O) groups is 3. The lowest BCUT2D eigenvalue weighted by Gasteiger charge is -2.22. The molecule has 12 nitrogen and oxygen atoms in total. The van der Waals surface area contributed by atoms with Crippen molar-refractivity contribution in [3.8, 4) is 0 Å². The number of aliphatic hydroxyl groups is 1. The Labute approximate surface area is 252 Å². The van der Waals surface area contributed by atoms with E-state index in [9.17, 15) is 24.1 Å². The van der Waals surface area contributed by atoms with E-state index in [4.69, 9.17) is 30.1 Å². The molecular formula is C28H46NO11PS. The third kappa shape index (κ3) is 24.4. The Bertz CT molecular complexity index is 948. The molecule has 0 spiro atoms. The molecule has 0 unspecified atom stereocenters. The number of aliphatic carboxylic acids is 1. The Morgan fingerprint density at radius 1 is 1.00 bits per heavy atom. The van der Waals surface area contributed by atoms with Crippen LogP contribution < -0.4 is 5.73 Å². The number of phosphoric acid groups is 1. The summed E-state index contributed by atoms with van der Waals surface area (Å²) in [6.07, 6.45) is 19.0. The molecular weight excluding hydrogens is 589 g/mol. The third-order valence-electron chi connectivity index (χ3n) is 5.41. The first-order valence-electron chi connectivity index (χ1n) is 13.8. The second kappa shape index (κ2) is 24.2. The van der Waals surface area contributed by atoms with E-state index >= 15 is 0 Å². The standard InChI is InChI=1S/C28H46NO11PS/c1-3-4-5-6-7-8-9-10-11-12-13-14-17-26(25(31)16-15-18-27(32)33)42-21-24(29)28(34)40-23(19-38-22(2)30)20-39-41(35,36)37/h7-8,10-14,17,23-26,31H,3-6,9,15-16,18-21,29H2,1-2H3,(H,32,33)(H2,35,36,37)/b8-7-,11-10-,13-12+,17-14+/t23-,24+,25+,26-/m1/s1. The van der Waals surface area contributed by atoms with Crippen molar-refractivity contribution >= 4 is 37.5 Å². The molecule has 0 amide bonds. The fraction of sp³-hybridized carbons (Fsp3) is 0.607. The number of carboxylic acids is 1. The average molecular weight is 636 g/mol. The van der Waals surface area contributed by atoms with E-state index in [0.717, 1.165) is 31.5 Å². The zero-order chi connectivity index (χ0) is 31.8. The van der Waals surface area contributed by atoms with Crippen molar-refractivity contribution in [1.29, 1.82) is 0 Å². The van der Waals surface area contributed by atoms with Crippen molar-refractivity contribution in [3.63, 3.8) is 0 Å². The molecule has 0 aromatic carbocycles. The Morgan fingerprint density at radius 2 is 1.71 bits per heavy atom. The molecule has 0 aromatic rings. The highest BCUT2D eigenvalue weighted by molar-refractivity contribution is 8.00. The molecule has 42 heavy (non-hydrogen) atoms. The van der Waals surface area contributed by atoms with Crippen LogP contribution in [0.4, 0.5) is 0 Å². The monoisotopic (exact) mass is 635 g/mol. The van der Waals surface area contributed by atoms with Crippen molar-refractivity contribution in [2.75, 3.05) is 19.0 Å². The van der Waals surface area contributed by atoms with Gasteiger partial charge in [-0.05, 0) is 32.1 Å². The smallest absolute Gasteiger partial charge is 0.469 e. The molecule has 4 atom stereocenters. The van der Waals surface area contributed by atoms with Gasteiger partial charge in [0.25, 0.3) is 0 Å². The summed E-state index contributed by atoms with van der Waals surface area (Å²) < 4.78 is 25.2. The van der Waals surface area contributed by atoms with E-state index in [1.54, 1.807) is 18.2 Å². The average Bonchev–Trinajstić information content (AvgIpc) is 2.91. The highest BCUT2D eigenvalue weighted by Crippen LogP contribution is 2.35. The quantitative estimate of drug-likeness (QED) is 0.0337. The molecule has 14 heteroatoms. The number of hydrogen-bond acceptors (Lipinski definition) is 10. The Balaban J connectivity index is 5.09. The SMILES string of the molecule is CCCCC/C=C\C\C=C/C=C/C=C/[C@@H](SC[C@H](N)C(=O)O[C@H](COC(C)=O)COP(=O)(O)O)[C@@H](O)CCCC(=O)O. The highest BCUT2D eigenvalue weighted by atomic mass is 32.2. The Kier molecular flexibility index (Phi) is 22.9. The predicted molar refractivity (Wildman–Crippen MR) is 162 cm³/mol. The van der Waals surface area contributed by atoms with Crippen LogP contribution in [0.15, 0.2) is 48.6 Å². The number of rotatable bonds is 24. The molecule has 0 saturated carbocycles. The van der Waals surface area contributed by atoms with Crippen molar-refractivity contribution < 1.29 is 52.9 Å². The van der Waals surface area contributed by atoms with Crippen LogP contribution in [0.2, 0.25) is 0 Å². The van der Waals surface area contributed by atoms with Gasteiger partial charge in [0.1, 0.15) is 12.6 Å². The number of esters is 2. The van der Waals surface area contributed by atoms with Crippen LogP contribution in [0.1, 0.15) is 65.2 Å². The van der Waals surface area contributed by atoms with Gasteiger partial charge in [-0.15, -0.1) is 11.8 Å².